The molecule has 12 nitrogen and oxygen atoms in total. The van der Waals surface area contributed by atoms with Crippen molar-refractivity contribution in [3.8, 4) is 0 Å². The number of carbonyl (C=O) groups excluding carboxylic acids is 2. The molecule has 1 aliphatic carbocycles. The molecule has 0 spiro atoms. The first-order valence-corrected chi connectivity index (χ1v) is 13.9. The van der Waals surface area contributed by atoms with Gasteiger partial charge in [0.1, 0.15) is 17.3 Å². The third-order valence-electron chi connectivity index (χ3n) is 7.42. The lowest BCUT2D eigenvalue weighted by Crippen LogP contribution is -2.54. The zero-order valence-electron chi connectivity index (χ0n) is 22.8. The van der Waals surface area contributed by atoms with Crippen molar-refractivity contribution in [2.45, 2.75) is 83.0 Å². The molecule has 39 heavy (non-hydrogen) atoms. The van der Waals surface area contributed by atoms with Crippen LogP contribution in [0.4, 0.5) is 22.5 Å². The number of imidazole rings is 1. The highest BCUT2D eigenvalue weighted by atomic mass is 16.6. The minimum atomic E-state index is -0.552. The second-order valence-corrected chi connectivity index (χ2v) is 11.8. The van der Waals surface area contributed by atoms with Crippen LogP contribution in [0.1, 0.15) is 65.3 Å². The van der Waals surface area contributed by atoms with E-state index >= 15 is 0 Å². The standard InChI is InChI=1S/C27H37N9O3/c1-27(2,3)39-26(38)33-12-4-7-18(15-33)29-23(37)20-8-5-13-35(20)25-31-22-9-6-14-36(22)24(32-25)30-21-16-34(17-28-21)19-10-11-19/h6,9,14,16-20H,4-5,7-8,10-13,15H2,1-3H3,(H,29,37)(H,30,31,32)/t18?,20-/m0/s1. The molecule has 2 N–H and O–H groups in total. The van der Waals surface area contributed by atoms with Gasteiger partial charge in [0, 0.05) is 44.1 Å². The van der Waals surface area contributed by atoms with Crippen molar-refractivity contribution in [3.05, 3.63) is 30.9 Å². The van der Waals surface area contributed by atoms with Gasteiger partial charge in [0.15, 0.2) is 5.82 Å². The van der Waals surface area contributed by atoms with E-state index in [4.69, 9.17) is 14.7 Å². The summed E-state index contributed by atoms with van der Waals surface area (Å²) in [6.45, 7) is 7.35. The molecule has 2 saturated heterocycles. The van der Waals surface area contributed by atoms with Crippen molar-refractivity contribution in [1.29, 1.82) is 0 Å². The Hall–Kier alpha value is -3.83. The van der Waals surface area contributed by atoms with Gasteiger partial charge in [0.05, 0.1) is 6.33 Å². The van der Waals surface area contributed by atoms with Crippen molar-refractivity contribution in [3.63, 3.8) is 0 Å². The van der Waals surface area contributed by atoms with Gasteiger partial charge in [-0.2, -0.15) is 9.97 Å². The summed E-state index contributed by atoms with van der Waals surface area (Å²) in [5.41, 5.74) is 0.194. The lowest BCUT2D eigenvalue weighted by Gasteiger charge is -2.35. The highest BCUT2D eigenvalue weighted by Gasteiger charge is 2.36. The molecule has 2 aliphatic heterocycles. The van der Waals surface area contributed by atoms with Crippen molar-refractivity contribution >= 4 is 35.4 Å². The summed E-state index contributed by atoms with van der Waals surface area (Å²) >= 11 is 0. The van der Waals surface area contributed by atoms with Crippen LogP contribution in [0.15, 0.2) is 30.9 Å². The Kier molecular flexibility index (Phi) is 6.56. The van der Waals surface area contributed by atoms with E-state index in [9.17, 15) is 9.59 Å². The number of hydrogen-bond acceptors (Lipinski definition) is 8. The van der Waals surface area contributed by atoms with Crippen LogP contribution in [0, 0.1) is 0 Å². The predicted octanol–water partition coefficient (Wildman–Crippen LogP) is 3.49. The number of amides is 2. The maximum absolute atomic E-state index is 13.5. The highest BCUT2D eigenvalue weighted by Crippen LogP contribution is 2.35. The van der Waals surface area contributed by atoms with Crippen LogP contribution in [0.25, 0.3) is 5.65 Å². The molecular weight excluding hydrogens is 498 g/mol. The van der Waals surface area contributed by atoms with Gasteiger partial charge in [-0.1, -0.05) is 0 Å². The lowest BCUT2D eigenvalue weighted by molar-refractivity contribution is -0.123. The Bertz CT molecular complexity index is 1360. The van der Waals surface area contributed by atoms with Crippen LogP contribution in [0.5, 0.6) is 0 Å². The third-order valence-corrected chi connectivity index (χ3v) is 7.42. The molecule has 12 heteroatoms. The van der Waals surface area contributed by atoms with Gasteiger partial charge in [-0.15, -0.1) is 0 Å². The van der Waals surface area contributed by atoms with Gasteiger partial charge >= 0.3 is 6.09 Å². The summed E-state index contributed by atoms with van der Waals surface area (Å²) in [4.78, 5) is 43.9. The molecule has 0 radical (unpaired) electrons. The molecule has 208 valence electrons. The number of carbonyl (C=O) groups is 2. The topological polar surface area (TPSA) is 122 Å². The van der Waals surface area contributed by atoms with Gasteiger partial charge < -0.3 is 29.7 Å². The summed E-state index contributed by atoms with van der Waals surface area (Å²) in [7, 11) is 0. The van der Waals surface area contributed by atoms with Crippen molar-refractivity contribution in [1.82, 2.24) is 34.1 Å². The Morgan fingerprint density at radius 2 is 1.90 bits per heavy atom. The van der Waals surface area contributed by atoms with Gasteiger partial charge in [-0.3, -0.25) is 9.20 Å². The second-order valence-electron chi connectivity index (χ2n) is 11.8. The number of fused-ring (bicyclic) bond motifs is 1. The molecule has 3 aromatic rings. The number of ether oxygens (including phenoxy) is 1. The monoisotopic (exact) mass is 535 g/mol. The average Bonchev–Trinajstić information content (AvgIpc) is 3.26. The minimum Gasteiger partial charge on any atom is -0.444 e. The van der Waals surface area contributed by atoms with Crippen LogP contribution >= 0.6 is 0 Å². The molecule has 2 amide bonds. The summed E-state index contributed by atoms with van der Waals surface area (Å²) in [6.07, 6.45) is 11.0. The largest absolute Gasteiger partial charge is 0.444 e. The van der Waals surface area contributed by atoms with Gasteiger partial charge in [-0.05, 0) is 71.4 Å². The molecule has 2 atom stereocenters. The van der Waals surface area contributed by atoms with Gasteiger partial charge in [0.2, 0.25) is 17.8 Å². The third kappa shape index (κ3) is 5.64. The first kappa shape index (κ1) is 25.4. The maximum atomic E-state index is 13.5. The molecule has 0 aromatic carbocycles. The fourth-order valence-corrected chi connectivity index (χ4v) is 5.39. The number of likely N-dealkylation sites (tertiary alicyclic amines) is 1. The van der Waals surface area contributed by atoms with Crippen molar-refractivity contribution < 1.29 is 14.3 Å². The Labute approximate surface area is 227 Å². The summed E-state index contributed by atoms with van der Waals surface area (Å²) in [5.74, 6) is 1.79. The summed E-state index contributed by atoms with van der Waals surface area (Å²) < 4.78 is 9.56. The second kappa shape index (κ2) is 10.0. The van der Waals surface area contributed by atoms with E-state index in [2.05, 4.69) is 20.2 Å². The zero-order valence-corrected chi connectivity index (χ0v) is 22.8. The van der Waals surface area contributed by atoms with E-state index in [0.717, 1.165) is 37.1 Å². The van der Waals surface area contributed by atoms with Crippen LogP contribution in [0.2, 0.25) is 0 Å². The molecule has 1 saturated carbocycles. The average molecular weight is 536 g/mol. The molecule has 5 heterocycles. The Morgan fingerprint density at radius 1 is 1.08 bits per heavy atom. The number of hydrogen-bond donors (Lipinski definition) is 2. The molecule has 1 unspecified atom stereocenters. The van der Waals surface area contributed by atoms with E-state index in [1.807, 2.05) is 60.9 Å². The van der Waals surface area contributed by atoms with Crippen LogP contribution in [0.3, 0.4) is 0 Å². The number of nitrogens with one attached hydrogen (secondary N) is 2. The van der Waals surface area contributed by atoms with Crippen LogP contribution < -0.4 is 15.5 Å². The fourth-order valence-electron chi connectivity index (χ4n) is 5.39. The van der Waals surface area contributed by atoms with E-state index in [0.29, 0.717) is 37.6 Å². The molecule has 0 bridgehead atoms. The Balaban J connectivity index is 1.16. The lowest BCUT2D eigenvalue weighted by atomic mass is 10.1. The first-order chi connectivity index (χ1) is 18.7. The summed E-state index contributed by atoms with van der Waals surface area (Å²) in [5, 5.41) is 6.54. The van der Waals surface area contributed by atoms with E-state index in [1.54, 1.807) is 4.90 Å². The molecular formula is C27H37N9O3. The number of nitrogens with zero attached hydrogens (tertiary/aromatic N) is 7. The molecule has 6 rings (SSSR count). The van der Waals surface area contributed by atoms with Crippen LogP contribution in [-0.4, -0.2) is 78.1 Å². The summed E-state index contributed by atoms with van der Waals surface area (Å²) in [6, 6.07) is 3.91. The first-order valence-electron chi connectivity index (χ1n) is 13.9. The molecule has 3 aromatic heterocycles. The number of anilines is 3. The van der Waals surface area contributed by atoms with E-state index < -0.39 is 5.60 Å². The number of aromatic nitrogens is 5. The fraction of sp³-hybridized carbons (Fsp3) is 0.593. The van der Waals surface area contributed by atoms with Crippen molar-refractivity contribution in [2.75, 3.05) is 29.9 Å². The van der Waals surface area contributed by atoms with E-state index in [1.165, 1.54) is 12.8 Å². The van der Waals surface area contributed by atoms with Crippen LogP contribution in [-0.2, 0) is 9.53 Å². The van der Waals surface area contributed by atoms with Crippen molar-refractivity contribution in [2.24, 2.45) is 0 Å². The smallest absolute Gasteiger partial charge is 0.410 e. The highest BCUT2D eigenvalue weighted by molar-refractivity contribution is 5.85. The SMILES string of the molecule is CC(C)(C)OC(=O)N1CCCC(NC(=O)[C@@H]2CCCN2c2nc(Nc3cn(C4CC4)cn3)n3cccc3n2)C1. The number of piperidine rings is 1. The molecule has 3 aliphatic rings. The van der Waals surface area contributed by atoms with Gasteiger partial charge in [-0.25, -0.2) is 9.78 Å². The maximum Gasteiger partial charge on any atom is 0.410 e. The van der Waals surface area contributed by atoms with Gasteiger partial charge in [0.25, 0.3) is 0 Å². The number of rotatable bonds is 6. The minimum absolute atomic E-state index is 0.0555. The van der Waals surface area contributed by atoms with E-state index in [-0.39, 0.29) is 24.1 Å². The zero-order chi connectivity index (χ0) is 27.1. The molecule has 3 fully saturated rings. The quantitative estimate of drug-likeness (QED) is 0.492. The predicted molar refractivity (Wildman–Crippen MR) is 146 cm³/mol. The Morgan fingerprint density at radius 3 is 2.69 bits per heavy atom. The normalized spacial score (nSPS) is 21.8.